The van der Waals surface area contributed by atoms with Gasteiger partial charge in [0.15, 0.2) is 0 Å². The highest BCUT2D eigenvalue weighted by Crippen LogP contribution is 2.31. The van der Waals surface area contributed by atoms with Crippen molar-refractivity contribution in [2.45, 2.75) is 18.6 Å². The Labute approximate surface area is 184 Å². The Morgan fingerprint density at radius 2 is 2.00 bits per heavy atom. The molecule has 2 unspecified atom stereocenters. The van der Waals surface area contributed by atoms with Gasteiger partial charge in [-0.25, -0.2) is 0 Å². The van der Waals surface area contributed by atoms with Gasteiger partial charge in [0.1, 0.15) is 18.1 Å². The minimum absolute atomic E-state index is 0.0510. The molecule has 32 heavy (non-hydrogen) atoms. The van der Waals surface area contributed by atoms with Crippen LogP contribution in [0.1, 0.15) is 17.0 Å². The molecule has 0 saturated carbocycles. The van der Waals surface area contributed by atoms with E-state index in [0.29, 0.717) is 13.1 Å². The molecule has 4 aromatic rings. The average molecular weight is 435 g/mol. The second kappa shape index (κ2) is 9.63. The van der Waals surface area contributed by atoms with Gasteiger partial charge in [0, 0.05) is 36.1 Å². The number of hydrogen-bond donors (Lipinski definition) is 3. The van der Waals surface area contributed by atoms with Gasteiger partial charge in [-0.3, -0.25) is 14.8 Å². The number of para-hydroxylation sites is 1. The Bertz CT molecular complexity index is 1180. The molecule has 0 aliphatic heterocycles. The van der Waals surface area contributed by atoms with Crippen LogP contribution in [0, 0.1) is 10.1 Å². The van der Waals surface area contributed by atoms with Gasteiger partial charge < -0.3 is 20.1 Å². The first-order chi connectivity index (χ1) is 15.5. The van der Waals surface area contributed by atoms with Crippen molar-refractivity contribution in [3.8, 4) is 5.75 Å². The molecular formula is C23H25N5O4. The third-order valence-electron chi connectivity index (χ3n) is 5.47. The highest BCUT2D eigenvalue weighted by atomic mass is 16.6. The van der Waals surface area contributed by atoms with Crippen LogP contribution in [0.4, 0.5) is 5.69 Å². The molecule has 0 aliphatic rings. The molecule has 9 nitrogen and oxygen atoms in total. The van der Waals surface area contributed by atoms with Gasteiger partial charge in [0.2, 0.25) is 0 Å². The second-order valence-electron chi connectivity index (χ2n) is 7.61. The zero-order valence-corrected chi connectivity index (χ0v) is 17.6. The van der Waals surface area contributed by atoms with Crippen molar-refractivity contribution in [3.05, 3.63) is 88.4 Å². The number of ether oxygens (including phenoxy) is 1. The number of rotatable bonds is 10. The number of aliphatic hydroxyl groups is 1. The number of aromatic nitrogens is 3. The second-order valence-corrected chi connectivity index (χ2v) is 7.61. The van der Waals surface area contributed by atoms with E-state index in [0.717, 1.165) is 27.8 Å². The molecule has 3 N–H and O–H groups in total. The topological polar surface area (TPSA) is 118 Å². The number of methoxy groups -OCH3 is 1. The Morgan fingerprint density at radius 3 is 2.72 bits per heavy atom. The van der Waals surface area contributed by atoms with Crippen molar-refractivity contribution in [1.29, 1.82) is 0 Å². The van der Waals surface area contributed by atoms with Crippen LogP contribution in [0.25, 0.3) is 10.9 Å². The largest absolute Gasteiger partial charge is 0.497 e. The van der Waals surface area contributed by atoms with E-state index in [4.69, 9.17) is 4.74 Å². The van der Waals surface area contributed by atoms with Crippen LogP contribution in [-0.2, 0) is 6.54 Å². The average Bonchev–Trinajstić information content (AvgIpc) is 3.44. The standard InChI is InChI=1S/C23H25N5O4/c1-32-19-8-6-16(7-9-19)21(22-13-25-23-5-3-2-4-20(22)23)12-24-11-18(29)15-27-14-17(10-26-27)28(30)31/h2-10,13-14,18,21,24-25,29H,11-12,15H2,1H3. The van der Waals surface area contributed by atoms with Crippen molar-refractivity contribution in [2.75, 3.05) is 20.2 Å². The van der Waals surface area contributed by atoms with Crippen LogP contribution >= 0.6 is 0 Å². The predicted octanol–water partition coefficient (Wildman–Crippen LogP) is 3.06. The van der Waals surface area contributed by atoms with Crippen LogP contribution in [-0.4, -0.2) is 51.1 Å². The van der Waals surface area contributed by atoms with E-state index < -0.39 is 11.0 Å². The Hall–Kier alpha value is -3.69. The molecular weight excluding hydrogens is 410 g/mol. The lowest BCUT2D eigenvalue weighted by Crippen LogP contribution is -2.33. The molecule has 166 valence electrons. The first kappa shape index (κ1) is 21.5. The van der Waals surface area contributed by atoms with Crippen LogP contribution in [0.15, 0.2) is 67.1 Å². The first-order valence-corrected chi connectivity index (χ1v) is 10.3. The summed E-state index contributed by atoms with van der Waals surface area (Å²) in [5, 5.41) is 29.6. The minimum atomic E-state index is -0.742. The minimum Gasteiger partial charge on any atom is -0.497 e. The van der Waals surface area contributed by atoms with Gasteiger partial charge in [-0.2, -0.15) is 5.10 Å². The number of nitro groups is 1. The quantitative estimate of drug-likeness (QED) is 0.260. The zero-order valence-electron chi connectivity index (χ0n) is 17.6. The monoisotopic (exact) mass is 435 g/mol. The van der Waals surface area contributed by atoms with Crippen LogP contribution in [0.2, 0.25) is 0 Å². The summed E-state index contributed by atoms with van der Waals surface area (Å²) >= 11 is 0. The molecule has 0 saturated heterocycles. The fourth-order valence-corrected chi connectivity index (χ4v) is 3.85. The van der Waals surface area contributed by atoms with Gasteiger partial charge in [-0.1, -0.05) is 30.3 Å². The summed E-state index contributed by atoms with van der Waals surface area (Å²) in [7, 11) is 1.64. The maximum atomic E-state index is 10.8. The summed E-state index contributed by atoms with van der Waals surface area (Å²) in [5.74, 6) is 0.846. The number of H-pyrrole nitrogens is 1. The zero-order chi connectivity index (χ0) is 22.5. The Balaban J connectivity index is 1.47. The van der Waals surface area contributed by atoms with E-state index in [9.17, 15) is 15.2 Å². The third-order valence-corrected chi connectivity index (χ3v) is 5.47. The number of nitrogens with zero attached hydrogens (tertiary/aromatic N) is 3. The summed E-state index contributed by atoms with van der Waals surface area (Å²) < 4.78 is 6.67. The smallest absolute Gasteiger partial charge is 0.306 e. The molecule has 0 fully saturated rings. The predicted molar refractivity (Wildman–Crippen MR) is 121 cm³/mol. The molecule has 0 radical (unpaired) electrons. The summed E-state index contributed by atoms with van der Waals surface area (Å²) in [5.41, 5.74) is 3.26. The molecule has 2 heterocycles. The van der Waals surface area contributed by atoms with Gasteiger partial charge in [0.05, 0.1) is 24.7 Å². The van der Waals surface area contributed by atoms with E-state index in [1.807, 2.05) is 48.7 Å². The van der Waals surface area contributed by atoms with Crippen LogP contribution in [0.3, 0.4) is 0 Å². The van der Waals surface area contributed by atoms with E-state index in [2.05, 4.69) is 21.5 Å². The van der Waals surface area contributed by atoms with Gasteiger partial charge >= 0.3 is 5.69 Å². The summed E-state index contributed by atoms with van der Waals surface area (Å²) in [6.07, 6.45) is 3.78. The molecule has 2 atom stereocenters. The van der Waals surface area contributed by atoms with Crippen LogP contribution < -0.4 is 10.1 Å². The third kappa shape index (κ3) is 4.79. The molecule has 2 aromatic heterocycles. The molecule has 2 aromatic carbocycles. The number of benzene rings is 2. The van der Waals surface area contributed by atoms with Crippen molar-refractivity contribution >= 4 is 16.6 Å². The number of fused-ring (bicyclic) bond motifs is 1. The fourth-order valence-electron chi connectivity index (χ4n) is 3.85. The van der Waals surface area contributed by atoms with Crippen molar-refractivity contribution in [2.24, 2.45) is 0 Å². The van der Waals surface area contributed by atoms with Crippen molar-refractivity contribution in [1.82, 2.24) is 20.1 Å². The number of aromatic amines is 1. The summed E-state index contributed by atoms with van der Waals surface area (Å²) in [4.78, 5) is 13.6. The lowest BCUT2D eigenvalue weighted by atomic mass is 9.90. The van der Waals surface area contributed by atoms with E-state index in [1.165, 1.54) is 17.1 Å². The fraction of sp³-hybridized carbons (Fsp3) is 0.261. The SMILES string of the molecule is COc1ccc(C(CNCC(O)Cn2cc([N+](=O)[O-])cn2)c2c[nH]c3ccccc23)cc1. The summed E-state index contributed by atoms with van der Waals surface area (Å²) in [6, 6.07) is 16.1. The molecule has 4 rings (SSSR count). The first-order valence-electron chi connectivity index (χ1n) is 10.3. The highest BCUT2D eigenvalue weighted by Gasteiger charge is 2.19. The maximum absolute atomic E-state index is 10.8. The number of nitrogens with one attached hydrogen (secondary N) is 2. The van der Waals surface area contributed by atoms with Crippen LogP contribution in [0.5, 0.6) is 5.75 Å². The van der Waals surface area contributed by atoms with Crippen molar-refractivity contribution in [3.63, 3.8) is 0 Å². The van der Waals surface area contributed by atoms with Gasteiger partial charge in [-0.05, 0) is 29.3 Å². The molecule has 0 aliphatic carbocycles. The Morgan fingerprint density at radius 1 is 1.22 bits per heavy atom. The van der Waals surface area contributed by atoms with Gasteiger partial charge in [0.25, 0.3) is 0 Å². The highest BCUT2D eigenvalue weighted by molar-refractivity contribution is 5.84. The molecule has 0 amide bonds. The lowest BCUT2D eigenvalue weighted by molar-refractivity contribution is -0.385. The number of hydrogen-bond acceptors (Lipinski definition) is 6. The van der Waals surface area contributed by atoms with E-state index in [-0.39, 0.29) is 18.2 Å². The normalized spacial score (nSPS) is 13.2. The number of aliphatic hydroxyl groups excluding tert-OH is 1. The Kier molecular flexibility index (Phi) is 6.48. The molecule has 9 heteroatoms. The summed E-state index contributed by atoms with van der Waals surface area (Å²) in [6.45, 7) is 1.09. The maximum Gasteiger partial charge on any atom is 0.306 e. The molecule has 0 bridgehead atoms. The van der Waals surface area contributed by atoms with Crippen molar-refractivity contribution < 1.29 is 14.8 Å². The van der Waals surface area contributed by atoms with E-state index in [1.54, 1.807) is 7.11 Å². The van der Waals surface area contributed by atoms with Gasteiger partial charge in [-0.15, -0.1) is 0 Å². The lowest BCUT2D eigenvalue weighted by Gasteiger charge is -2.20. The van der Waals surface area contributed by atoms with E-state index >= 15 is 0 Å². The molecule has 0 spiro atoms.